The molecule has 0 saturated heterocycles. The number of nitrogens with one attached hydrogen (secondary N) is 1. The second-order valence-corrected chi connectivity index (χ2v) is 4.04. The van der Waals surface area contributed by atoms with Crippen LogP contribution in [0.3, 0.4) is 0 Å². The molecule has 1 heterocycles. The fourth-order valence-corrected chi connectivity index (χ4v) is 1.57. The molecule has 0 spiro atoms. The smallest absolute Gasteiger partial charge is 0.309 e. The summed E-state index contributed by atoms with van der Waals surface area (Å²) >= 11 is 0. The molecule has 2 aromatic rings. The molecule has 7 nitrogen and oxygen atoms in total. The summed E-state index contributed by atoms with van der Waals surface area (Å²) in [4.78, 5) is 22.2. The summed E-state index contributed by atoms with van der Waals surface area (Å²) in [5.74, 6) is -1.89. The number of hydrogen-bond acceptors (Lipinski definition) is 4. The molecule has 0 aliphatic carbocycles. The average molecular weight is 278 g/mol. The first kappa shape index (κ1) is 13.7. The Bertz CT molecular complexity index is 641. The van der Waals surface area contributed by atoms with E-state index in [2.05, 4.69) is 15.6 Å². The number of rotatable bonds is 5. The normalized spacial score (nSPS) is 10.2. The molecular weight excluding hydrogens is 267 g/mol. The van der Waals surface area contributed by atoms with Gasteiger partial charge in [-0.15, -0.1) is 5.10 Å². The highest BCUT2D eigenvalue weighted by Crippen LogP contribution is 2.09. The molecule has 0 aliphatic heterocycles. The molecular formula is C12H11FN4O3. The lowest BCUT2D eigenvalue weighted by Gasteiger charge is -2.04. The van der Waals surface area contributed by atoms with Crippen LogP contribution in [-0.4, -0.2) is 32.0 Å². The topological polar surface area (TPSA) is 97.1 Å². The Labute approximate surface area is 113 Å². The van der Waals surface area contributed by atoms with Crippen molar-refractivity contribution in [1.29, 1.82) is 0 Å². The van der Waals surface area contributed by atoms with Gasteiger partial charge in [0.1, 0.15) is 12.4 Å². The molecule has 20 heavy (non-hydrogen) atoms. The van der Waals surface area contributed by atoms with Crippen molar-refractivity contribution in [1.82, 2.24) is 15.0 Å². The lowest BCUT2D eigenvalue weighted by molar-refractivity contribution is -0.136. The number of carbonyl (C=O) groups is 2. The van der Waals surface area contributed by atoms with Crippen LogP contribution in [0, 0.1) is 5.82 Å². The van der Waals surface area contributed by atoms with Crippen molar-refractivity contribution in [3.8, 4) is 0 Å². The Morgan fingerprint density at radius 1 is 1.40 bits per heavy atom. The summed E-state index contributed by atoms with van der Waals surface area (Å²) < 4.78 is 14.2. The number of halogens is 1. The van der Waals surface area contributed by atoms with Crippen LogP contribution in [0.15, 0.2) is 30.5 Å². The minimum Gasteiger partial charge on any atom is -0.481 e. The summed E-state index contributed by atoms with van der Waals surface area (Å²) in [5, 5.41) is 18.3. The standard InChI is InChI=1S/C12H11FN4O3/c13-8-2-1-3-9(4-8)14-11(18)7-17-6-10(15-16-17)5-12(19)20/h1-4,6H,5,7H2,(H,14,18)(H,19,20). The average Bonchev–Trinajstić information content (AvgIpc) is 2.75. The number of aromatic nitrogens is 3. The van der Waals surface area contributed by atoms with E-state index in [9.17, 15) is 14.0 Å². The van der Waals surface area contributed by atoms with E-state index in [4.69, 9.17) is 5.11 Å². The Morgan fingerprint density at radius 2 is 2.20 bits per heavy atom. The van der Waals surface area contributed by atoms with Crippen molar-refractivity contribution >= 4 is 17.6 Å². The molecule has 1 amide bonds. The molecule has 2 N–H and O–H groups in total. The van der Waals surface area contributed by atoms with Crippen LogP contribution < -0.4 is 5.32 Å². The highest BCUT2D eigenvalue weighted by atomic mass is 19.1. The molecule has 0 atom stereocenters. The summed E-state index contributed by atoms with van der Waals surface area (Å²) in [7, 11) is 0. The van der Waals surface area contributed by atoms with Gasteiger partial charge in [0.2, 0.25) is 5.91 Å². The third-order valence-electron chi connectivity index (χ3n) is 2.33. The van der Waals surface area contributed by atoms with Gasteiger partial charge in [-0.05, 0) is 18.2 Å². The van der Waals surface area contributed by atoms with Crippen molar-refractivity contribution < 1.29 is 19.1 Å². The first-order chi connectivity index (χ1) is 9.52. The van der Waals surface area contributed by atoms with E-state index in [-0.39, 0.29) is 18.7 Å². The third-order valence-corrected chi connectivity index (χ3v) is 2.33. The lowest BCUT2D eigenvalue weighted by Crippen LogP contribution is -2.19. The Morgan fingerprint density at radius 3 is 2.90 bits per heavy atom. The van der Waals surface area contributed by atoms with Crippen LogP contribution in [-0.2, 0) is 22.6 Å². The van der Waals surface area contributed by atoms with Crippen LogP contribution in [0.4, 0.5) is 10.1 Å². The van der Waals surface area contributed by atoms with Gasteiger partial charge in [-0.1, -0.05) is 11.3 Å². The van der Waals surface area contributed by atoms with Gasteiger partial charge in [0.15, 0.2) is 0 Å². The SMILES string of the molecule is O=C(O)Cc1cn(CC(=O)Nc2cccc(F)c2)nn1. The van der Waals surface area contributed by atoms with Crippen LogP contribution in [0.2, 0.25) is 0 Å². The van der Waals surface area contributed by atoms with Gasteiger partial charge in [0.25, 0.3) is 0 Å². The van der Waals surface area contributed by atoms with Crippen LogP contribution in [0.25, 0.3) is 0 Å². The van der Waals surface area contributed by atoms with E-state index in [1.807, 2.05) is 0 Å². The number of anilines is 1. The predicted molar refractivity (Wildman–Crippen MR) is 66.4 cm³/mol. The zero-order valence-electron chi connectivity index (χ0n) is 10.3. The van der Waals surface area contributed by atoms with Crippen LogP contribution in [0.1, 0.15) is 5.69 Å². The fourth-order valence-electron chi connectivity index (χ4n) is 1.57. The second-order valence-electron chi connectivity index (χ2n) is 4.04. The molecule has 1 aromatic carbocycles. The van der Waals surface area contributed by atoms with Crippen molar-refractivity contribution in [2.75, 3.05) is 5.32 Å². The lowest BCUT2D eigenvalue weighted by atomic mass is 10.3. The van der Waals surface area contributed by atoms with Crippen molar-refractivity contribution in [3.05, 3.63) is 42.0 Å². The number of nitrogens with zero attached hydrogens (tertiary/aromatic N) is 3. The molecule has 104 valence electrons. The maximum Gasteiger partial charge on any atom is 0.309 e. The zero-order valence-corrected chi connectivity index (χ0v) is 10.3. The summed E-state index contributed by atoms with van der Waals surface area (Å²) in [6.45, 7) is -0.136. The first-order valence-corrected chi connectivity index (χ1v) is 5.69. The monoisotopic (exact) mass is 278 g/mol. The molecule has 0 aliphatic rings. The summed E-state index contributed by atoms with van der Waals surface area (Å²) in [5.41, 5.74) is 0.594. The number of aliphatic carboxylic acids is 1. The van der Waals surface area contributed by atoms with E-state index in [1.54, 1.807) is 6.07 Å². The Balaban J connectivity index is 1.94. The molecule has 8 heteroatoms. The van der Waals surface area contributed by atoms with Gasteiger partial charge in [-0.25, -0.2) is 9.07 Å². The molecule has 0 saturated carbocycles. The first-order valence-electron chi connectivity index (χ1n) is 5.69. The van der Waals surface area contributed by atoms with Gasteiger partial charge in [0.05, 0.1) is 12.1 Å². The van der Waals surface area contributed by atoms with Gasteiger partial charge in [-0.3, -0.25) is 9.59 Å². The van der Waals surface area contributed by atoms with E-state index >= 15 is 0 Å². The van der Waals surface area contributed by atoms with E-state index in [0.717, 1.165) is 0 Å². The molecule has 1 aromatic heterocycles. The molecule has 0 radical (unpaired) electrons. The third kappa shape index (κ3) is 3.87. The largest absolute Gasteiger partial charge is 0.481 e. The van der Waals surface area contributed by atoms with Gasteiger partial charge in [0, 0.05) is 11.9 Å². The molecule has 0 fully saturated rings. The summed E-state index contributed by atoms with van der Waals surface area (Å²) in [6.07, 6.45) is 1.12. The minimum atomic E-state index is -1.03. The van der Waals surface area contributed by atoms with Crippen LogP contribution >= 0.6 is 0 Å². The minimum absolute atomic E-state index is 0.136. The fraction of sp³-hybridized carbons (Fsp3) is 0.167. The number of amides is 1. The molecule has 0 unspecified atom stereocenters. The van der Waals surface area contributed by atoms with Crippen molar-refractivity contribution in [2.45, 2.75) is 13.0 Å². The number of carboxylic acid groups (broad SMARTS) is 1. The van der Waals surface area contributed by atoms with Crippen molar-refractivity contribution in [2.24, 2.45) is 0 Å². The number of carboxylic acids is 1. The Hall–Kier alpha value is -2.77. The van der Waals surface area contributed by atoms with Gasteiger partial charge < -0.3 is 10.4 Å². The van der Waals surface area contributed by atoms with E-state index in [1.165, 1.54) is 29.1 Å². The quantitative estimate of drug-likeness (QED) is 0.838. The highest BCUT2D eigenvalue weighted by molar-refractivity contribution is 5.90. The molecule has 2 rings (SSSR count). The second kappa shape index (κ2) is 5.91. The maximum absolute atomic E-state index is 12.9. The van der Waals surface area contributed by atoms with Gasteiger partial charge >= 0.3 is 5.97 Å². The van der Waals surface area contributed by atoms with Crippen LogP contribution in [0.5, 0.6) is 0 Å². The number of benzene rings is 1. The molecule has 0 bridgehead atoms. The Kier molecular flexibility index (Phi) is 4.04. The zero-order chi connectivity index (χ0) is 14.5. The maximum atomic E-state index is 12.9. The predicted octanol–water partition coefficient (Wildman–Crippen LogP) is 0.683. The number of carbonyl (C=O) groups excluding carboxylic acids is 1. The summed E-state index contributed by atoms with van der Waals surface area (Å²) in [6, 6.07) is 5.49. The van der Waals surface area contributed by atoms with E-state index < -0.39 is 17.7 Å². The van der Waals surface area contributed by atoms with Crippen molar-refractivity contribution in [3.63, 3.8) is 0 Å². The van der Waals surface area contributed by atoms with Gasteiger partial charge in [-0.2, -0.15) is 0 Å². The number of hydrogen-bond donors (Lipinski definition) is 2. The van der Waals surface area contributed by atoms with E-state index in [0.29, 0.717) is 5.69 Å². The highest BCUT2D eigenvalue weighted by Gasteiger charge is 2.09.